The van der Waals surface area contributed by atoms with Crippen LogP contribution in [0.4, 0.5) is 5.69 Å². The van der Waals surface area contributed by atoms with E-state index >= 15 is 0 Å². The number of anilines is 1. The Hall–Kier alpha value is -1.11. The molecule has 1 saturated heterocycles. The van der Waals surface area contributed by atoms with Crippen molar-refractivity contribution in [1.82, 2.24) is 4.72 Å². The van der Waals surface area contributed by atoms with Gasteiger partial charge in [-0.2, -0.15) is 0 Å². The Kier molecular flexibility index (Phi) is 5.01. The third-order valence-electron chi connectivity index (χ3n) is 3.15. The van der Waals surface area contributed by atoms with Crippen LogP contribution in [0.15, 0.2) is 29.2 Å². The summed E-state index contributed by atoms with van der Waals surface area (Å²) in [5.74, 6) is 0. The Balaban J connectivity index is 2.02. The van der Waals surface area contributed by atoms with E-state index in [2.05, 4.69) is 10.0 Å². The molecule has 0 saturated carbocycles. The number of ether oxygens (including phenoxy) is 1. The van der Waals surface area contributed by atoms with E-state index in [9.17, 15) is 8.42 Å². The average Bonchev–Trinajstić information content (AvgIpc) is 2.39. The lowest BCUT2D eigenvalue weighted by atomic mass is 10.1. The Morgan fingerprint density at radius 1 is 1.15 bits per heavy atom. The van der Waals surface area contributed by atoms with E-state index in [-0.39, 0.29) is 6.04 Å². The molecule has 1 aromatic rings. The van der Waals surface area contributed by atoms with Crippen molar-refractivity contribution in [3.8, 4) is 0 Å². The molecule has 0 aromatic heterocycles. The maximum Gasteiger partial charge on any atom is 0.240 e. The summed E-state index contributed by atoms with van der Waals surface area (Å²) in [6.07, 6.45) is 1.96. The molecule has 1 fully saturated rings. The van der Waals surface area contributed by atoms with E-state index in [0.717, 1.165) is 31.7 Å². The lowest BCUT2D eigenvalue weighted by Crippen LogP contribution is -2.30. The molecule has 0 unspecified atom stereocenters. The topological polar surface area (TPSA) is 67.4 Å². The second-order valence-corrected chi connectivity index (χ2v) is 7.05. The Bertz CT molecular complexity index is 520. The zero-order valence-electron chi connectivity index (χ0n) is 11.9. The van der Waals surface area contributed by atoms with Crippen LogP contribution in [0.1, 0.15) is 26.7 Å². The van der Waals surface area contributed by atoms with Crippen LogP contribution in [0.2, 0.25) is 0 Å². The smallest absolute Gasteiger partial charge is 0.240 e. The van der Waals surface area contributed by atoms with Crippen LogP contribution >= 0.6 is 0 Å². The predicted molar refractivity (Wildman–Crippen MR) is 79.4 cm³/mol. The molecule has 2 rings (SSSR count). The van der Waals surface area contributed by atoms with Gasteiger partial charge in [0.05, 0.1) is 4.90 Å². The van der Waals surface area contributed by atoms with E-state index in [1.165, 1.54) is 0 Å². The molecule has 0 radical (unpaired) electrons. The van der Waals surface area contributed by atoms with E-state index in [0.29, 0.717) is 10.9 Å². The number of benzene rings is 1. The predicted octanol–water partition coefficient (Wildman–Crippen LogP) is 1.96. The molecular weight excluding hydrogens is 276 g/mol. The first-order chi connectivity index (χ1) is 9.47. The molecule has 1 heterocycles. The molecule has 6 heteroatoms. The van der Waals surface area contributed by atoms with Gasteiger partial charge in [0.2, 0.25) is 10.0 Å². The second kappa shape index (κ2) is 6.56. The Labute approximate surface area is 120 Å². The fourth-order valence-electron chi connectivity index (χ4n) is 2.19. The number of hydrogen-bond acceptors (Lipinski definition) is 4. The molecular formula is C14H22N2O3S. The van der Waals surface area contributed by atoms with Crippen molar-refractivity contribution < 1.29 is 13.2 Å². The van der Waals surface area contributed by atoms with Gasteiger partial charge < -0.3 is 10.1 Å². The lowest BCUT2D eigenvalue weighted by Gasteiger charge is -2.24. The van der Waals surface area contributed by atoms with Crippen LogP contribution in [0.25, 0.3) is 0 Å². The van der Waals surface area contributed by atoms with Crippen molar-refractivity contribution in [2.45, 2.75) is 43.7 Å². The van der Waals surface area contributed by atoms with Crippen LogP contribution in [0.3, 0.4) is 0 Å². The van der Waals surface area contributed by atoms with Gasteiger partial charge in [-0.3, -0.25) is 0 Å². The van der Waals surface area contributed by atoms with Gasteiger partial charge in [-0.15, -0.1) is 0 Å². The minimum atomic E-state index is -3.41. The highest BCUT2D eigenvalue weighted by molar-refractivity contribution is 7.89. The van der Waals surface area contributed by atoms with Crippen LogP contribution in [-0.2, 0) is 14.8 Å². The first-order valence-corrected chi connectivity index (χ1v) is 8.42. The number of rotatable bonds is 5. The van der Waals surface area contributed by atoms with Gasteiger partial charge in [-0.25, -0.2) is 13.1 Å². The van der Waals surface area contributed by atoms with Crippen molar-refractivity contribution in [3.05, 3.63) is 24.3 Å². The quantitative estimate of drug-likeness (QED) is 0.872. The largest absolute Gasteiger partial charge is 0.382 e. The Morgan fingerprint density at radius 2 is 1.75 bits per heavy atom. The molecule has 20 heavy (non-hydrogen) atoms. The summed E-state index contributed by atoms with van der Waals surface area (Å²) in [5.41, 5.74) is 0.945. The summed E-state index contributed by atoms with van der Waals surface area (Å²) in [6, 6.07) is 7.17. The molecule has 0 spiro atoms. The molecule has 0 atom stereocenters. The summed E-state index contributed by atoms with van der Waals surface area (Å²) >= 11 is 0. The number of hydrogen-bond donors (Lipinski definition) is 2. The van der Waals surface area contributed by atoms with Crippen molar-refractivity contribution in [2.24, 2.45) is 0 Å². The fraction of sp³-hybridized carbons (Fsp3) is 0.571. The molecule has 1 aliphatic rings. The zero-order chi connectivity index (χ0) is 14.6. The van der Waals surface area contributed by atoms with Crippen molar-refractivity contribution in [1.29, 1.82) is 0 Å². The SMILES string of the molecule is CC(C)NS(=O)(=O)c1ccc(NC2CCOCC2)cc1. The van der Waals surface area contributed by atoms with E-state index in [4.69, 9.17) is 4.74 Å². The summed E-state index contributed by atoms with van der Waals surface area (Å²) in [4.78, 5) is 0.295. The minimum absolute atomic E-state index is 0.111. The third-order valence-corrected chi connectivity index (χ3v) is 4.82. The highest BCUT2D eigenvalue weighted by Crippen LogP contribution is 2.18. The standard InChI is InChI=1S/C14H22N2O3S/c1-11(2)16-20(17,18)14-5-3-12(4-6-14)15-13-7-9-19-10-8-13/h3-6,11,13,15-16H,7-10H2,1-2H3. The second-order valence-electron chi connectivity index (χ2n) is 5.33. The average molecular weight is 298 g/mol. The highest BCUT2D eigenvalue weighted by atomic mass is 32.2. The number of nitrogens with one attached hydrogen (secondary N) is 2. The van der Waals surface area contributed by atoms with E-state index in [1.54, 1.807) is 26.0 Å². The minimum Gasteiger partial charge on any atom is -0.382 e. The summed E-state index contributed by atoms with van der Waals surface area (Å²) in [7, 11) is -3.41. The summed E-state index contributed by atoms with van der Waals surface area (Å²) in [6.45, 7) is 5.17. The van der Waals surface area contributed by atoms with Crippen molar-refractivity contribution in [3.63, 3.8) is 0 Å². The summed E-state index contributed by atoms with van der Waals surface area (Å²) in [5, 5.41) is 3.41. The maximum atomic E-state index is 12.0. The molecule has 5 nitrogen and oxygen atoms in total. The molecule has 0 aliphatic carbocycles. The first kappa shape index (κ1) is 15.3. The van der Waals surface area contributed by atoms with Crippen LogP contribution in [-0.4, -0.2) is 33.7 Å². The van der Waals surface area contributed by atoms with Crippen LogP contribution in [0, 0.1) is 0 Å². The fourth-order valence-corrected chi connectivity index (χ4v) is 3.44. The van der Waals surface area contributed by atoms with Gasteiger partial charge in [-0.1, -0.05) is 0 Å². The summed E-state index contributed by atoms with van der Waals surface area (Å²) < 4.78 is 31.9. The van der Waals surface area contributed by atoms with E-state index < -0.39 is 10.0 Å². The van der Waals surface area contributed by atoms with Crippen LogP contribution in [0.5, 0.6) is 0 Å². The van der Waals surface area contributed by atoms with Gasteiger partial charge in [0.1, 0.15) is 0 Å². The molecule has 112 valence electrons. The highest BCUT2D eigenvalue weighted by Gasteiger charge is 2.16. The molecule has 0 amide bonds. The Morgan fingerprint density at radius 3 is 2.30 bits per heavy atom. The van der Waals surface area contributed by atoms with Gasteiger partial charge in [0, 0.05) is 31.0 Å². The maximum absolute atomic E-state index is 12.0. The third kappa shape index (κ3) is 4.19. The zero-order valence-corrected chi connectivity index (χ0v) is 12.7. The lowest BCUT2D eigenvalue weighted by molar-refractivity contribution is 0.0904. The first-order valence-electron chi connectivity index (χ1n) is 6.94. The van der Waals surface area contributed by atoms with Crippen LogP contribution < -0.4 is 10.0 Å². The van der Waals surface area contributed by atoms with Gasteiger partial charge in [-0.05, 0) is 51.0 Å². The molecule has 0 bridgehead atoms. The van der Waals surface area contributed by atoms with Gasteiger partial charge in [0.25, 0.3) is 0 Å². The van der Waals surface area contributed by atoms with Crippen molar-refractivity contribution in [2.75, 3.05) is 18.5 Å². The normalized spacial score (nSPS) is 17.4. The van der Waals surface area contributed by atoms with Gasteiger partial charge >= 0.3 is 0 Å². The molecule has 1 aliphatic heterocycles. The number of sulfonamides is 1. The van der Waals surface area contributed by atoms with Gasteiger partial charge in [0.15, 0.2) is 0 Å². The molecule has 2 N–H and O–H groups in total. The van der Waals surface area contributed by atoms with E-state index in [1.807, 2.05) is 12.1 Å². The monoisotopic (exact) mass is 298 g/mol. The molecule has 1 aromatic carbocycles. The van der Waals surface area contributed by atoms with Crippen molar-refractivity contribution >= 4 is 15.7 Å².